The lowest BCUT2D eigenvalue weighted by atomic mass is 10.2. The van der Waals surface area contributed by atoms with E-state index >= 15 is 0 Å². The van der Waals surface area contributed by atoms with E-state index in [0.717, 1.165) is 10.2 Å². The van der Waals surface area contributed by atoms with Gasteiger partial charge in [-0.1, -0.05) is 6.07 Å². The molecular weight excluding hydrogens is 191 g/mol. The van der Waals surface area contributed by atoms with Gasteiger partial charge < -0.3 is 11.0 Å². The summed E-state index contributed by atoms with van der Waals surface area (Å²) in [7, 11) is 5.19. The molecule has 0 unspecified atom stereocenters. The predicted octanol–water partition coefficient (Wildman–Crippen LogP) is 1.53. The number of nitrogens with one attached hydrogen (secondary N) is 1. The molecule has 10 heavy (non-hydrogen) atoms. The van der Waals surface area contributed by atoms with Crippen LogP contribution in [0.5, 0.6) is 0 Å². The third kappa shape index (κ3) is 1.26. The highest BCUT2D eigenvalue weighted by molar-refractivity contribution is 9.10. The first-order valence-corrected chi connectivity index (χ1v) is 3.55. The van der Waals surface area contributed by atoms with E-state index in [2.05, 4.69) is 21.2 Å². The van der Waals surface area contributed by atoms with Gasteiger partial charge in [-0.05, 0) is 28.1 Å². The first-order valence-electron chi connectivity index (χ1n) is 2.76. The number of halogens is 1. The molecule has 4 heteroatoms. The van der Waals surface area contributed by atoms with Gasteiger partial charge in [-0.2, -0.15) is 0 Å². The van der Waals surface area contributed by atoms with Crippen LogP contribution in [0.1, 0.15) is 0 Å². The van der Waals surface area contributed by atoms with Gasteiger partial charge in [0.25, 0.3) is 0 Å². The summed E-state index contributed by atoms with van der Waals surface area (Å²) in [6.07, 6.45) is 0. The minimum absolute atomic E-state index is 0.636. The quantitative estimate of drug-likeness (QED) is 0.528. The summed E-state index contributed by atoms with van der Waals surface area (Å²) in [5.41, 5.74) is 6.92. The van der Waals surface area contributed by atoms with Crippen LogP contribution in [0.2, 0.25) is 0 Å². The first-order chi connectivity index (χ1) is 4.75. The van der Waals surface area contributed by atoms with Crippen LogP contribution in [0.15, 0.2) is 22.7 Å². The molecule has 2 nitrogen and oxygen atoms in total. The van der Waals surface area contributed by atoms with Gasteiger partial charge >= 0.3 is 0 Å². The van der Waals surface area contributed by atoms with E-state index in [1.54, 1.807) is 6.07 Å². The summed E-state index contributed by atoms with van der Waals surface area (Å²) in [6.45, 7) is 0. The zero-order chi connectivity index (χ0) is 7.56. The maximum atomic E-state index is 5.56. The molecule has 50 valence electrons. The van der Waals surface area contributed by atoms with Crippen LogP contribution in [0.4, 0.5) is 11.4 Å². The number of benzene rings is 1. The summed E-state index contributed by atoms with van der Waals surface area (Å²) < 4.78 is 0.870. The highest BCUT2D eigenvalue weighted by Gasteiger charge is 1.98. The molecule has 1 rings (SSSR count). The fourth-order valence-corrected chi connectivity index (χ4v) is 1.19. The Morgan fingerprint density at radius 3 is 2.60 bits per heavy atom. The molecule has 0 fully saturated rings. The van der Waals surface area contributed by atoms with Crippen molar-refractivity contribution < 1.29 is 0 Å². The minimum atomic E-state index is 0.636. The van der Waals surface area contributed by atoms with Gasteiger partial charge in [0.05, 0.1) is 11.4 Å². The van der Waals surface area contributed by atoms with E-state index in [4.69, 9.17) is 13.7 Å². The predicted molar refractivity (Wildman–Crippen MR) is 47.9 cm³/mol. The molecular formula is C6H6BBrN2. The Balaban J connectivity index is 3.17. The molecule has 0 atom stereocenters. The van der Waals surface area contributed by atoms with Crippen molar-refractivity contribution in [3.63, 3.8) is 0 Å². The molecule has 0 aromatic heterocycles. The van der Waals surface area contributed by atoms with E-state index in [1.807, 2.05) is 12.1 Å². The molecule has 2 radical (unpaired) electrons. The summed E-state index contributed by atoms with van der Waals surface area (Å²) in [5.74, 6) is 0. The van der Waals surface area contributed by atoms with Gasteiger partial charge in [-0.3, -0.25) is 0 Å². The number of hydrogen-bond donors (Lipinski definition) is 2. The summed E-state index contributed by atoms with van der Waals surface area (Å²) in [6, 6.07) is 5.49. The second kappa shape index (κ2) is 2.97. The number of rotatable bonds is 1. The molecule has 0 heterocycles. The summed E-state index contributed by atoms with van der Waals surface area (Å²) in [4.78, 5) is 0. The standard InChI is InChI=1S/C6H6BBrN2/c7-10-6-4(8)2-1-3-5(6)9/h1-3,10H,9H2. The molecule has 1 aromatic carbocycles. The van der Waals surface area contributed by atoms with Crippen LogP contribution >= 0.6 is 15.9 Å². The average molecular weight is 197 g/mol. The van der Waals surface area contributed by atoms with Crippen molar-refractivity contribution in [3.8, 4) is 0 Å². The maximum absolute atomic E-state index is 5.56. The number of nitrogen functional groups attached to an aromatic ring is 1. The zero-order valence-electron chi connectivity index (χ0n) is 5.26. The Hall–Kier alpha value is -0.635. The number of nitrogens with two attached hydrogens (primary N) is 1. The smallest absolute Gasteiger partial charge is 0.222 e. The number of hydrogen-bond acceptors (Lipinski definition) is 2. The second-order valence-corrected chi connectivity index (χ2v) is 2.70. The fourth-order valence-electron chi connectivity index (χ4n) is 0.693. The van der Waals surface area contributed by atoms with Crippen molar-refractivity contribution >= 4 is 35.3 Å². The fraction of sp³-hybridized carbons (Fsp3) is 0. The van der Waals surface area contributed by atoms with Gasteiger partial charge in [0, 0.05) is 4.47 Å². The third-order valence-corrected chi connectivity index (χ3v) is 1.85. The van der Waals surface area contributed by atoms with Crippen molar-refractivity contribution in [2.75, 3.05) is 11.0 Å². The Bertz CT molecular complexity index is 219. The first kappa shape index (κ1) is 7.47. The highest BCUT2D eigenvalue weighted by atomic mass is 79.9. The van der Waals surface area contributed by atoms with Crippen molar-refractivity contribution in [1.82, 2.24) is 0 Å². The molecule has 0 spiro atoms. The molecule has 0 aliphatic carbocycles. The van der Waals surface area contributed by atoms with E-state index in [-0.39, 0.29) is 0 Å². The molecule has 0 saturated heterocycles. The van der Waals surface area contributed by atoms with Crippen LogP contribution in [0.3, 0.4) is 0 Å². The van der Waals surface area contributed by atoms with Crippen LogP contribution in [0.25, 0.3) is 0 Å². The van der Waals surface area contributed by atoms with Crippen molar-refractivity contribution in [2.24, 2.45) is 0 Å². The van der Waals surface area contributed by atoms with Gasteiger partial charge in [0.2, 0.25) is 7.98 Å². The maximum Gasteiger partial charge on any atom is 0.222 e. The lowest BCUT2D eigenvalue weighted by Gasteiger charge is -2.05. The van der Waals surface area contributed by atoms with Crippen LogP contribution in [-0.4, -0.2) is 7.98 Å². The molecule has 3 N–H and O–H groups in total. The van der Waals surface area contributed by atoms with Crippen LogP contribution in [-0.2, 0) is 0 Å². The van der Waals surface area contributed by atoms with E-state index in [9.17, 15) is 0 Å². The van der Waals surface area contributed by atoms with Crippen molar-refractivity contribution in [1.29, 1.82) is 0 Å². The molecule has 0 aliphatic heterocycles. The van der Waals surface area contributed by atoms with Gasteiger partial charge in [-0.25, -0.2) is 0 Å². The van der Waals surface area contributed by atoms with E-state index in [1.165, 1.54) is 0 Å². The van der Waals surface area contributed by atoms with Crippen LogP contribution in [0, 0.1) is 0 Å². The largest absolute Gasteiger partial charge is 0.435 e. The Kier molecular flexibility index (Phi) is 2.22. The molecule has 0 aliphatic rings. The van der Waals surface area contributed by atoms with Crippen LogP contribution < -0.4 is 11.0 Å². The third-order valence-electron chi connectivity index (χ3n) is 1.19. The molecule has 0 bridgehead atoms. The summed E-state index contributed by atoms with van der Waals surface area (Å²) in [5, 5.41) is 2.49. The van der Waals surface area contributed by atoms with Gasteiger partial charge in [0.1, 0.15) is 0 Å². The van der Waals surface area contributed by atoms with Crippen molar-refractivity contribution in [3.05, 3.63) is 22.7 Å². The highest BCUT2D eigenvalue weighted by Crippen LogP contribution is 2.26. The Morgan fingerprint density at radius 2 is 2.20 bits per heavy atom. The van der Waals surface area contributed by atoms with Gasteiger partial charge in [-0.15, -0.1) is 0 Å². The Labute approximate surface area is 69.4 Å². The molecule has 0 saturated carbocycles. The number of para-hydroxylation sites is 1. The topological polar surface area (TPSA) is 38.0 Å². The SMILES string of the molecule is [B]Nc1c(N)cccc1Br. The molecule has 1 aromatic rings. The lowest BCUT2D eigenvalue weighted by Crippen LogP contribution is -1.97. The molecule has 0 amide bonds. The normalized spacial score (nSPS) is 9.30. The lowest BCUT2D eigenvalue weighted by molar-refractivity contribution is 1.61. The van der Waals surface area contributed by atoms with E-state index in [0.29, 0.717) is 5.69 Å². The van der Waals surface area contributed by atoms with E-state index < -0.39 is 0 Å². The van der Waals surface area contributed by atoms with Gasteiger partial charge in [0.15, 0.2) is 0 Å². The second-order valence-electron chi connectivity index (χ2n) is 1.85. The number of anilines is 2. The average Bonchev–Trinajstić information content (AvgIpc) is 1.88. The summed E-state index contributed by atoms with van der Waals surface area (Å²) >= 11 is 3.28. The Morgan fingerprint density at radius 1 is 1.50 bits per heavy atom. The monoisotopic (exact) mass is 196 g/mol. The minimum Gasteiger partial charge on any atom is -0.435 e. The zero-order valence-corrected chi connectivity index (χ0v) is 6.85. The van der Waals surface area contributed by atoms with Crippen molar-refractivity contribution in [2.45, 2.75) is 0 Å².